The highest BCUT2D eigenvalue weighted by Crippen LogP contribution is 2.42. The van der Waals surface area contributed by atoms with Crippen LogP contribution in [-0.2, 0) is 0 Å². The molecule has 0 N–H and O–H groups in total. The summed E-state index contributed by atoms with van der Waals surface area (Å²) in [6.07, 6.45) is 0. The Morgan fingerprint density at radius 1 is 0.357 bits per heavy atom. The first-order valence-corrected chi connectivity index (χ1v) is 14.2. The highest BCUT2D eigenvalue weighted by molar-refractivity contribution is 6.65. The molecule has 2 aliphatic heterocycles. The zero-order valence-electron chi connectivity index (χ0n) is 22.3. The van der Waals surface area contributed by atoms with Crippen molar-refractivity contribution in [3.63, 3.8) is 0 Å². The Balaban J connectivity index is 1.04. The fraction of sp³-hybridized carbons (Fsp3) is 0. The number of hydrogen-bond acceptors (Lipinski definition) is 4. The summed E-state index contributed by atoms with van der Waals surface area (Å²) in [5, 5.41) is 11.5. The van der Waals surface area contributed by atoms with Crippen LogP contribution in [0.5, 0.6) is 23.0 Å². The maximum absolute atomic E-state index is 6.41. The van der Waals surface area contributed by atoms with E-state index in [1.807, 2.05) is 36.4 Å². The zero-order chi connectivity index (χ0) is 27.4. The van der Waals surface area contributed by atoms with E-state index in [0.29, 0.717) is 0 Å². The topological polar surface area (TPSA) is 36.9 Å². The second kappa shape index (κ2) is 8.11. The molecule has 2 heterocycles. The predicted octanol–water partition coefficient (Wildman–Crippen LogP) is 7.22. The molecule has 10 rings (SSSR count). The average molecular weight is 538 g/mol. The molecular formula is C36H20B2O4. The molecule has 0 saturated heterocycles. The number of fused-ring (bicyclic) bond motifs is 6. The van der Waals surface area contributed by atoms with Crippen molar-refractivity contribution in [1.29, 1.82) is 0 Å². The molecule has 0 fully saturated rings. The molecule has 0 aliphatic carbocycles. The molecule has 0 atom stereocenters. The minimum atomic E-state index is -0.492. The van der Waals surface area contributed by atoms with E-state index < -0.39 is 14.2 Å². The van der Waals surface area contributed by atoms with Crippen molar-refractivity contribution in [2.24, 2.45) is 0 Å². The van der Waals surface area contributed by atoms with Crippen LogP contribution in [0.15, 0.2) is 121 Å². The summed E-state index contributed by atoms with van der Waals surface area (Å²) in [7, 11) is -0.984. The molecule has 0 unspecified atom stereocenters. The van der Waals surface area contributed by atoms with Gasteiger partial charge in [-0.15, -0.1) is 0 Å². The maximum Gasteiger partial charge on any atom is 0.632 e. The lowest BCUT2D eigenvalue weighted by Gasteiger charge is -2.15. The van der Waals surface area contributed by atoms with Crippen molar-refractivity contribution in [3.8, 4) is 23.0 Å². The molecule has 8 aromatic rings. The van der Waals surface area contributed by atoms with Crippen LogP contribution in [0.25, 0.3) is 53.9 Å². The molecule has 0 aromatic heterocycles. The standard InChI is InChI=1S/C36H20B2O4/c1-3-7-29-21(5-1)13-15-31-35(29)41-37(39-31)27-17-23-9-11-25-19-28(20-26-12-10-24(18-27)33(23)34(25)26)38-40-32-16-14-22-6-2-4-8-30(22)36(32)42-38/h1-20H. The van der Waals surface area contributed by atoms with Crippen molar-refractivity contribution in [2.75, 3.05) is 0 Å². The summed E-state index contributed by atoms with van der Waals surface area (Å²) in [5.41, 5.74) is 2.00. The minimum absolute atomic E-state index is 0.492. The number of hydrogen-bond donors (Lipinski definition) is 0. The second-order valence-electron chi connectivity index (χ2n) is 11.2. The number of rotatable bonds is 2. The molecule has 0 saturated carbocycles. The molecule has 8 aromatic carbocycles. The Morgan fingerprint density at radius 2 is 0.738 bits per heavy atom. The van der Waals surface area contributed by atoms with Gasteiger partial charge in [0.25, 0.3) is 0 Å². The summed E-state index contributed by atoms with van der Waals surface area (Å²) in [6.45, 7) is 0. The van der Waals surface area contributed by atoms with Crippen LogP contribution in [0.1, 0.15) is 0 Å². The Labute approximate surface area is 241 Å². The van der Waals surface area contributed by atoms with Gasteiger partial charge in [0, 0.05) is 21.7 Å². The second-order valence-corrected chi connectivity index (χ2v) is 11.2. The highest BCUT2D eigenvalue weighted by atomic mass is 16.6. The van der Waals surface area contributed by atoms with Crippen molar-refractivity contribution < 1.29 is 18.6 Å². The summed E-state index contributed by atoms with van der Waals surface area (Å²) in [6, 6.07) is 42.2. The molecule has 0 spiro atoms. The van der Waals surface area contributed by atoms with Gasteiger partial charge in [-0.25, -0.2) is 0 Å². The van der Waals surface area contributed by atoms with Crippen LogP contribution in [0.4, 0.5) is 0 Å². The van der Waals surface area contributed by atoms with Gasteiger partial charge in [0.2, 0.25) is 0 Å². The van der Waals surface area contributed by atoms with Gasteiger partial charge < -0.3 is 18.6 Å². The molecule has 4 nitrogen and oxygen atoms in total. The van der Waals surface area contributed by atoms with Gasteiger partial charge in [-0.2, -0.15) is 0 Å². The fourth-order valence-corrected chi connectivity index (χ4v) is 6.80. The van der Waals surface area contributed by atoms with Crippen molar-refractivity contribution in [3.05, 3.63) is 121 Å². The minimum Gasteiger partial charge on any atom is -0.519 e. The summed E-state index contributed by atoms with van der Waals surface area (Å²) in [4.78, 5) is 0. The van der Waals surface area contributed by atoms with Crippen molar-refractivity contribution in [1.82, 2.24) is 0 Å². The summed E-state index contributed by atoms with van der Waals surface area (Å²) >= 11 is 0. The Morgan fingerprint density at radius 3 is 1.17 bits per heavy atom. The molecule has 42 heavy (non-hydrogen) atoms. The van der Waals surface area contributed by atoms with E-state index in [0.717, 1.165) is 77.0 Å². The van der Waals surface area contributed by atoms with Gasteiger partial charge in [-0.05, 0) is 55.2 Å². The molecule has 0 radical (unpaired) electrons. The third-order valence-corrected chi connectivity index (χ3v) is 8.73. The van der Waals surface area contributed by atoms with E-state index in [4.69, 9.17) is 18.6 Å². The first-order chi connectivity index (χ1) is 20.8. The van der Waals surface area contributed by atoms with E-state index >= 15 is 0 Å². The summed E-state index contributed by atoms with van der Waals surface area (Å²) < 4.78 is 25.4. The van der Waals surface area contributed by atoms with Crippen LogP contribution in [0.3, 0.4) is 0 Å². The first kappa shape index (κ1) is 22.4. The lowest BCUT2D eigenvalue weighted by Crippen LogP contribution is -2.39. The van der Waals surface area contributed by atoms with E-state index in [1.54, 1.807) is 0 Å². The Kier molecular flexibility index (Phi) is 4.32. The molecule has 2 aliphatic rings. The molecule has 194 valence electrons. The van der Waals surface area contributed by atoms with E-state index in [-0.39, 0.29) is 0 Å². The predicted molar refractivity (Wildman–Crippen MR) is 171 cm³/mol. The first-order valence-electron chi connectivity index (χ1n) is 14.2. The normalized spacial score (nSPS) is 13.9. The lowest BCUT2D eigenvalue weighted by molar-refractivity contribution is 0.519. The summed E-state index contributed by atoms with van der Waals surface area (Å²) in [5.74, 6) is 3.18. The molecular weight excluding hydrogens is 518 g/mol. The lowest BCUT2D eigenvalue weighted by atomic mass is 9.75. The largest absolute Gasteiger partial charge is 0.632 e. The van der Waals surface area contributed by atoms with Gasteiger partial charge in [0.05, 0.1) is 0 Å². The van der Waals surface area contributed by atoms with Crippen LogP contribution in [0.2, 0.25) is 0 Å². The van der Waals surface area contributed by atoms with Gasteiger partial charge in [0.1, 0.15) is 11.5 Å². The Bertz CT molecular complexity index is 2170. The van der Waals surface area contributed by atoms with Crippen LogP contribution < -0.4 is 29.5 Å². The monoisotopic (exact) mass is 538 g/mol. The van der Waals surface area contributed by atoms with Gasteiger partial charge in [-0.3, -0.25) is 0 Å². The van der Waals surface area contributed by atoms with Crippen LogP contribution in [-0.4, -0.2) is 14.2 Å². The maximum atomic E-state index is 6.41. The van der Waals surface area contributed by atoms with Crippen LogP contribution >= 0.6 is 0 Å². The van der Waals surface area contributed by atoms with E-state index in [1.165, 1.54) is 10.8 Å². The quantitative estimate of drug-likeness (QED) is 0.172. The highest BCUT2D eigenvalue weighted by Gasteiger charge is 2.37. The van der Waals surface area contributed by atoms with Crippen molar-refractivity contribution in [2.45, 2.75) is 0 Å². The van der Waals surface area contributed by atoms with Crippen LogP contribution in [0, 0.1) is 0 Å². The van der Waals surface area contributed by atoms with Gasteiger partial charge in [-0.1, -0.05) is 109 Å². The zero-order valence-corrected chi connectivity index (χ0v) is 22.3. The van der Waals surface area contributed by atoms with Gasteiger partial charge >= 0.3 is 14.2 Å². The SMILES string of the molecule is c1ccc2c3c(ccc2c1)OB(c1cc2ccc4cc(B5Oc6ccc7ccccc7c6O5)cc5ccc(c1)c2c45)O3. The smallest absolute Gasteiger partial charge is 0.519 e. The van der Waals surface area contributed by atoms with E-state index in [2.05, 4.69) is 84.9 Å². The average Bonchev–Trinajstić information content (AvgIpc) is 3.69. The van der Waals surface area contributed by atoms with Crippen molar-refractivity contribution >= 4 is 79.0 Å². The molecule has 0 amide bonds. The Hall–Kier alpha value is -5.35. The fourth-order valence-electron chi connectivity index (χ4n) is 6.80. The van der Waals surface area contributed by atoms with E-state index in [9.17, 15) is 0 Å². The van der Waals surface area contributed by atoms with Gasteiger partial charge in [0.15, 0.2) is 11.5 Å². The third-order valence-electron chi connectivity index (χ3n) is 8.73. The number of benzene rings is 8. The molecule has 0 bridgehead atoms. The molecule has 6 heteroatoms. The third kappa shape index (κ3) is 3.09.